The van der Waals surface area contributed by atoms with Crippen LogP contribution in [-0.4, -0.2) is 53.0 Å². The summed E-state index contributed by atoms with van der Waals surface area (Å²) in [6.45, 7) is 8.57. The van der Waals surface area contributed by atoms with Crippen LogP contribution >= 0.6 is 0 Å². The molecule has 5 heteroatoms. The summed E-state index contributed by atoms with van der Waals surface area (Å²) >= 11 is 0. The van der Waals surface area contributed by atoms with E-state index in [4.69, 9.17) is 18.9 Å². The first-order valence-electron chi connectivity index (χ1n) is 8.89. The molecule has 0 bridgehead atoms. The fourth-order valence-corrected chi connectivity index (χ4v) is 5.29. The van der Waals surface area contributed by atoms with Crippen LogP contribution in [0.25, 0.3) is 0 Å². The third kappa shape index (κ3) is 3.08. The molecule has 2 fully saturated rings. The summed E-state index contributed by atoms with van der Waals surface area (Å²) in [6.07, 6.45) is 1.23. The van der Waals surface area contributed by atoms with Crippen molar-refractivity contribution in [3.63, 3.8) is 0 Å². The molecule has 1 aromatic carbocycles. The highest BCUT2D eigenvalue weighted by molar-refractivity contribution is 5.50. The highest BCUT2D eigenvalue weighted by Crippen LogP contribution is 2.63. The maximum Gasteiger partial charge on any atom is 0.130 e. The van der Waals surface area contributed by atoms with Crippen LogP contribution in [0, 0.1) is 16.7 Å². The first kappa shape index (κ1) is 18.3. The first-order valence-corrected chi connectivity index (χ1v) is 8.89. The number of methoxy groups -OCH3 is 4. The van der Waals surface area contributed by atoms with Gasteiger partial charge in [0, 0.05) is 44.3 Å². The van der Waals surface area contributed by atoms with E-state index in [0.717, 1.165) is 49.1 Å². The molecule has 1 saturated carbocycles. The molecule has 0 N–H and O–H groups in total. The van der Waals surface area contributed by atoms with E-state index in [1.54, 1.807) is 21.3 Å². The fraction of sp³-hybridized carbons (Fsp3) is 0.700. The summed E-state index contributed by atoms with van der Waals surface area (Å²) in [6, 6.07) is 3.86. The average Bonchev–Trinajstić information content (AvgIpc) is 2.88. The molecule has 2 aliphatic rings. The van der Waals surface area contributed by atoms with E-state index in [1.807, 2.05) is 19.2 Å². The molecule has 0 radical (unpaired) electrons. The minimum Gasteiger partial charge on any atom is -0.496 e. The minimum atomic E-state index is 0.297. The van der Waals surface area contributed by atoms with Gasteiger partial charge in [-0.2, -0.15) is 0 Å². The molecular weight excluding hydrogens is 318 g/mol. The average molecular weight is 349 g/mol. The van der Waals surface area contributed by atoms with Gasteiger partial charge in [-0.1, -0.05) is 13.8 Å². The van der Waals surface area contributed by atoms with E-state index in [2.05, 4.69) is 18.7 Å². The lowest BCUT2D eigenvalue weighted by Crippen LogP contribution is -2.55. The molecule has 25 heavy (non-hydrogen) atoms. The lowest BCUT2D eigenvalue weighted by atomic mass is 9.48. The summed E-state index contributed by atoms with van der Waals surface area (Å²) in [5.41, 5.74) is 1.77. The highest BCUT2D eigenvalue weighted by atomic mass is 16.5. The quantitative estimate of drug-likeness (QED) is 0.756. The van der Waals surface area contributed by atoms with Gasteiger partial charge < -0.3 is 18.9 Å². The van der Waals surface area contributed by atoms with Gasteiger partial charge in [0.15, 0.2) is 0 Å². The Morgan fingerprint density at radius 2 is 1.68 bits per heavy atom. The predicted octanol–water partition coefficient (Wildman–Crippen LogP) is 3.21. The Hall–Kier alpha value is -1.46. The molecule has 1 aliphatic carbocycles. The number of benzene rings is 1. The zero-order valence-electron chi connectivity index (χ0n) is 16.3. The first-order chi connectivity index (χ1) is 11.9. The second-order valence-corrected chi connectivity index (χ2v) is 8.19. The topological polar surface area (TPSA) is 40.2 Å². The molecule has 1 aromatic rings. The van der Waals surface area contributed by atoms with E-state index in [1.165, 1.54) is 6.42 Å². The van der Waals surface area contributed by atoms with Crippen molar-refractivity contribution in [2.45, 2.75) is 26.8 Å². The molecule has 2 atom stereocenters. The van der Waals surface area contributed by atoms with Crippen LogP contribution in [0.5, 0.6) is 17.2 Å². The predicted molar refractivity (Wildman–Crippen MR) is 97.6 cm³/mol. The molecular formula is C20H31NO4. The zero-order valence-corrected chi connectivity index (χ0v) is 16.3. The van der Waals surface area contributed by atoms with Crippen molar-refractivity contribution in [2.24, 2.45) is 16.7 Å². The Morgan fingerprint density at radius 1 is 1.04 bits per heavy atom. The van der Waals surface area contributed by atoms with Crippen LogP contribution in [0.4, 0.5) is 0 Å². The van der Waals surface area contributed by atoms with Crippen molar-refractivity contribution in [3.05, 3.63) is 17.7 Å². The van der Waals surface area contributed by atoms with E-state index < -0.39 is 0 Å². The van der Waals surface area contributed by atoms with E-state index in [-0.39, 0.29) is 0 Å². The maximum atomic E-state index is 5.61. The van der Waals surface area contributed by atoms with Crippen LogP contribution in [0.15, 0.2) is 12.1 Å². The van der Waals surface area contributed by atoms with Gasteiger partial charge in [-0.25, -0.2) is 0 Å². The fourth-order valence-electron chi connectivity index (χ4n) is 5.29. The smallest absolute Gasteiger partial charge is 0.130 e. The van der Waals surface area contributed by atoms with Gasteiger partial charge in [0.25, 0.3) is 0 Å². The monoisotopic (exact) mass is 349 g/mol. The molecule has 1 saturated heterocycles. The van der Waals surface area contributed by atoms with Gasteiger partial charge in [-0.05, 0) is 17.8 Å². The number of hydrogen-bond donors (Lipinski definition) is 0. The molecule has 0 unspecified atom stereocenters. The van der Waals surface area contributed by atoms with Gasteiger partial charge in [-0.3, -0.25) is 4.90 Å². The molecule has 1 heterocycles. The zero-order chi connectivity index (χ0) is 18.2. The largest absolute Gasteiger partial charge is 0.496 e. The highest BCUT2D eigenvalue weighted by Gasteiger charge is 2.62. The molecule has 0 spiro atoms. The third-order valence-electron chi connectivity index (χ3n) is 6.10. The van der Waals surface area contributed by atoms with Crippen molar-refractivity contribution in [3.8, 4) is 17.2 Å². The molecule has 0 aromatic heterocycles. The van der Waals surface area contributed by atoms with Gasteiger partial charge >= 0.3 is 0 Å². The van der Waals surface area contributed by atoms with Gasteiger partial charge in [-0.15, -0.1) is 0 Å². The number of nitrogens with zero attached hydrogens (tertiary/aromatic N) is 1. The Kier molecular flexibility index (Phi) is 4.91. The lowest BCUT2D eigenvalue weighted by molar-refractivity contribution is -0.107. The second kappa shape index (κ2) is 6.69. The van der Waals surface area contributed by atoms with Gasteiger partial charge in [0.05, 0.1) is 33.5 Å². The van der Waals surface area contributed by atoms with Gasteiger partial charge in [0.1, 0.15) is 17.2 Å². The van der Waals surface area contributed by atoms with Crippen LogP contribution in [0.1, 0.15) is 25.8 Å². The standard InChI is InChI=1S/C20H31NO4/c1-19(2)11-20(13-22-3)12-21(10-18(19)20)9-15-16(24-5)7-14(23-4)8-17(15)25-6/h7-8,18H,9-13H2,1-6H3/t18-,20-/m1/s1. The summed E-state index contributed by atoms with van der Waals surface area (Å²) in [7, 11) is 6.86. The van der Waals surface area contributed by atoms with E-state index in [9.17, 15) is 0 Å². The van der Waals surface area contributed by atoms with Crippen molar-refractivity contribution in [1.29, 1.82) is 0 Å². The third-order valence-corrected chi connectivity index (χ3v) is 6.10. The van der Waals surface area contributed by atoms with Crippen molar-refractivity contribution in [2.75, 3.05) is 48.1 Å². The Bertz CT molecular complexity index is 605. The van der Waals surface area contributed by atoms with Crippen LogP contribution < -0.4 is 14.2 Å². The van der Waals surface area contributed by atoms with Crippen molar-refractivity contribution >= 4 is 0 Å². The Balaban J connectivity index is 1.84. The summed E-state index contributed by atoms with van der Waals surface area (Å²) in [5, 5.41) is 0. The summed E-state index contributed by atoms with van der Waals surface area (Å²) in [5.74, 6) is 3.05. The van der Waals surface area contributed by atoms with Crippen LogP contribution in [-0.2, 0) is 11.3 Å². The van der Waals surface area contributed by atoms with E-state index in [0.29, 0.717) is 16.7 Å². The molecule has 5 nitrogen and oxygen atoms in total. The number of fused-ring (bicyclic) bond motifs is 1. The number of ether oxygens (including phenoxy) is 4. The summed E-state index contributed by atoms with van der Waals surface area (Å²) in [4.78, 5) is 2.52. The second-order valence-electron chi connectivity index (χ2n) is 8.19. The molecule has 1 aliphatic heterocycles. The van der Waals surface area contributed by atoms with Gasteiger partial charge in [0.2, 0.25) is 0 Å². The SMILES string of the molecule is COC[C@@]12CN(Cc3c(OC)cc(OC)cc3OC)C[C@@H]1C(C)(C)C2. The van der Waals surface area contributed by atoms with Crippen LogP contribution in [0.3, 0.4) is 0 Å². The van der Waals surface area contributed by atoms with E-state index >= 15 is 0 Å². The lowest BCUT2D eigenvalue weighted by Gasteiger charge is -2.56. The van der Waals surface area contributed by atoms with Crippen molar-refractivity contribution < 1.29 is 18.9 Å². The maximum absolute atomic E-state index is 5.61. The molecule has 0 amide bonds. The Morgan fingerprint density at radius 3 is 2.16 bits per heavy atom. The van der Waals surface area contributed by atoms with Crippen LogP contribution in [0.2, 0.25) is 0 Å². The number of rotatable bonds is 7. The normalized spacial score (nSPS) is 27.5. The minimum absolute atomic E-state index is 0.297. The summed E-state index contributed by atoms with van der Waals surface area (Å²) < 4.78 is 22.1. The number of likely N-dealkylation sites (tertiary alicyclic amines) is 1. The molecule has 3 rings (SSSR count). The van der Waals surface area contributed by atoms with Crippen molar-refractivity contribution in [1.82, 2.24) is 4.90 Å². The Labute approximate surface area is 151 Å². The molecule has 140 valence electrons. The number of hydrogen-bond acceptors (Lipinski definition) is 5.